The lowest BCUT2D eigenvalue weighted by Crippen LogP contribution is -2.46. The SMILES string of the molecule is CC(C)c1cc(C(=O)N2Cc3ccc(CN4CCN(CCCCCNC(=O)c5c(N(C)C)ccc6c5OC5=CC(N(C)C)C=CC5=C6c5ccccc5C(=O)O)CC4)cc3C2)c(O)cc1O.N. The van der Waals surface area contributed by atoms with Crippen molar-refractivity contribution in [3.05, 3.63) is 146 Å². The monoisotopic (exact) mass is 911 g/mol. The Morgan fingerprint density at radius 2 is 1.55 bits per heavy atom. The molecule has 14 heteroatoms. The molecule has 0 saturated carbocycles. The third-order valence-corrected chi connectivity index (χ3v) is 13.3. The number of phenolic OH excluding ortho intramolecular Hbond substituents is 2. The maximum atomic E-state index is 14.2. The van der Waals surface area contributed by atoms with Crippen LogP contribution in [-0.4, -0.2) is 126 Å². The highest BCUT2D eigenvalue weighted by atomic mass is 16.5. The summed E-state index contributed by atoms with van der Waals surface area (Å²) >= 11 is 0. The Balaban J connectivity index is 0.00000666. The minimum absolute atomic E-state index is 0. The maximum absolute atomic E-state index is 14.2. The van der Waals surface area contributed by atoms with Crippen molar-refractivity contribution >= 4 is 29.0 Å². The van der Waals surface area contributed by atoms with E-state index in [2.05, 4.69) is 44.3 Å². The van der Waals surface area contributed by atoms with Crippen molar-refractivity contribution in [1.82, 2.24) is 31.1 Å². The number of carboxylic acids is 1. The zero-order valence-corrected chi connectivity index (χ0v) is 39.6. The Morgan fingerprint density at radius 3 is 2.27 bits per heavy atom. The summed E-state index contributed by atoms with van der Waals surface area (Å²) < 4.78 is 6.68. The lowest BCUT2D eigenvalue weighted by atomic mass is 9.84. The molecule has 1 fully saturated rings. The molecule has 1 saturated heterocycles. The predicted molar refractivity (Wildman–Crippen MR) is 262 cm³/mol. The summed E-state index contributed by atoms with van der Waals surface area (Å²) in [6.45, 7) is 11.1. The first-order valence-corrected chi connectivity index (χ1v) is 23.0. The number of allylic oxidation sites excluding steroid dienone is 1. The number of carboxylic acid groups (broad SMARTS) is 1. The van der Waals surface area contributed by atoms with E-state index in [1.165, 1.54) is 11.6 Å². The summed E-state index contributed by atoms with van der Waals surface area (Å²) in [5.74, 6) is -0.692. The van der Waals surface area contributed by atoms with E-state index in [9.17, 15) is 29.7 Å². The molecule has 0 bridgehead atoms. The summed E-state index contributed by atoms with van der Waals surface area (Å²) in [6, 6.07) is 20.1. The number of amides is 2. The van der Waals surface area contributed by atoms with Gasteiger partial charge in [0.25, 0.3) is 11.8 Å². The third-order valence-electron chi connectivity index (χ3n) is 13.3. The molecule has 2 amide bonds. The van der Waals surface area contributed by atoms with Crippen molar-refractivity contribution < 1.29 is 34.4 Å². The first-order valence-electron chi connectivity index (χ1n) is 23.0. The van der Waals surface area contributed by atoms with E-state index in [4.69, 9.17) is 4.74 Å². The number of hydrogen-bond acceptors (Lipinski definition) is 11. The van der Waals surface area contributed by atoms with E-state index < -0.39 is 5.97 Å². The van der Waals surface area contributed by atoms with Gasteiger partial charge in [0.1, 0.15) is 28.6 Å². The number of ether oxygens (including phenoxy) is 1. The normalized spacial score (nSPS) is 16.8. The van der Waals surface area contributed by atoms with Crippen LogP contribution in [0.1, 0.15) is 103 Å². The average Bonchev–Trinajstić information content (AvgIpc) is 3.72. The molecule has 14 nitrogen and oxygen atoms in total. The molecule has 0 aromatic heterocycles. The number of aromatic carboxylic acids is 1. The Hall–Kier alpha value is -6.45. The number of nitrogens with one attached hydrogen (secondary N) is 1. The fraction of sp³-hybridized carbons (Fsp3) is 0.377. The molecule has 4 aliphatic rings. The molecule has 4 aromatic carbocycles. The van der Waals surface area contributed by atoms with Gasteiger partial charge in [-0.3, -0.25) is 19.4 Å². The van der Waals surface area contributed by atoms with Crippen molar-refractivity contribution in [1.29, 1.82) is 0 Å². The topological polar surface area (TPSA) is 184 Å². The fourth-order valence-electron chi connectivity index (χ4n) is 9.54. The molecule has 8 rings (SSSR count). The Labute approximate surface area is 394 Å². The van der Waals surface area contributed by atoms with E-state index in [0.717, 1.165) is 80.8 Å². The van der Waals surface area contributed by atoms with Crippen LogP contribution < -0.4 is 21.1 Å². The van der Waals surface area contributed by atoms with Crippen molar-refractivity contribution in [2.24, 2.45) is 0 Å². The lowest BCUT2D eigenvalue weighted by Gasteiger charge is -2.34. The van der Waals surface area contributed by atoms with Gasteiger partial charge in [-0.15, -0.1) is 0 Å². The number of piperazine rings is 1. The summed E-state index contributed by atoms with van der Waals surface area (Å²) in [5.41, 5.74) is 8.35. The van der Waals surface area contributed by atoms with Gasteiger partial charge in [-0.25, -0.2) is 4.79 Å². The van der Waals surface area contributed by atoms with Gasteiger partial charge in [-0.05, 0) is 97.6 Å². The van der Waals surface area contributed by atoms with Crippen LogP contribution in [0.25, 0.3) is 5.57 Å². The summed E-state index contributed by atoms with van der Waals surface area (Å²) in [7, 11) is 7.77. The van der Waals surface area contributed by atoms with Gasteiger partial charge in [0.15, 0.2) is 0 Å². The third kappa shape index (κ3) is 10.3. The van der Waals surface area contributed by atoms with Gasteiger partial charge in [0, 0.05) is 95.3 Å². The van der Waals surface area contributed by atoms with Crippen molar-refractivity contribution in [3.63, 3.8) is 0 Å². The number of anilines is 1. The fourth-order valence-corrected chi connectivity index (χ4v) is 9.54. The van der Waals surface area contributed by atoms with E-state index in [0.29, 0.717) is 59.1 Å². The van der Waals surface area contributed by atoms with Crippen LogP contribution in [-0.2, 0) is 19.6 Å². The number of benzene rings is 4. The van der Waals surface area contributed by atoms with Crippen molar-refractivity contribution in [2.45, 2.75) is 64.7 Å². The highest BCUT2D eigenvalue weighted by Gasteiger charge is 2.34. The van der Waals surface area contributed by atoms with Crippen LogP contribution in [0.5, 0.6) is 17.2 Å². The number of phenols is 2. The summed E-state index contributed by atoms with van der Waals surface area (Å²) in [6.07, 6.45) is 8.89. The lowest BCUT2D eigenvalue weighted by molar-refractivity contribution is 0.0694. The van der Waals surface area contributed by atoms with Crippen LogP contribution >= 0.6 is 0 Å². The van der Waals surface area contributed by atoms with Crippen LogP contribution in [0.2, 0.25) is 0 Å². The zero-order chi connectivity index (χ0) is 46.8. The molecular formula is C53H65N7O7. The van der Waals surface area contributed by atoms with Gasteiger partial charge in [-0.2, -0.15) is 0 Å². The summed E-state index contributed by atoms with van der Waals surface area (Å²) in [5, 5.41) is 34.2. The molecule has 0 radical (unpaired) electrons. The van der Waals surface area contributed by atoms with E-state index >= 15 is 0 Å². The molecule has 3 heterocycles. The molecule has 67 heavy (non-hydrogen) atoms. The standard InChI is InChI=1S/C53H62N6O7.H3N/c1-33(2)42-28-43(46(61)29-45(42)60)52(63)59-31-35-15-14-34(26-36(35)32-59)30-58-24-22-57(23-25-58)21-11-7-10-20-54-51(62)49-44(56(5)6)19-18-41-48(38-12-8-9-13-39(38)53(64)65)40-17-16-37(55(3)4)27-47(40)66-50(41)49;/h8-9,12-19,26-29,33,37,60-61H,7,10-11,20-25,30-32H2,1-6H3,(H,54,62)(H,64,65);1H3. The maximum Gasteiger partial charge on any atom is 0.336 e. The molecule has 0 spiro atoms. The number of carbonyl (C=O) groups excluding carboxylic acids is 2. The molecule has 3 aliphatic heterocycles. The Bertz CT molecular complexity index is 2630. The number of rotatable bonds is 15. The van der Waals surface area contributed by atoms with Crippen LogP contribution in [0.15, 0.2) is 96.3 Å². The number of likely N-dealkylation sites (N-methyl/N-ethyl adjacent to an activating group) is 1. The molecular weight excluding hydrogens is 847 g/mol. The molecule has 354 valence electrons. The number of carbonyl (C=O) groups is 3. The minimum Gasteiger partial charge on any atom is -0.508 e. The smallest absolute Gasteiger partial charge is 0.336 e. The molecule has 4 aromatic rings. The number of hydrogen-bond donors (Lipinski definition) is 5. The van der Waals surface area contributed by atoms with E-state index in [1.807, 2.05) is 83.4 Å². The highest BCUT2D eigenvalue weighted by Crippen LogP contribution is 2.48. The molecule has 1 aliphatic carbocycles. The van der Waals surface area contributed by atoms with E-state index in [-0.39, 0.29) is 52.6 Å². The second-order valence-electron chi connectivity index (χ2n) is 18.6. The zero-order valence-electron chi connectivity index (χ0n) is 39.6. The van der Waals surface area contributed by atoms with Gasteiger partial charge in [-0.1, -0.05) is 68.8 Å². The number of aromatic hydroxyl groups is 2. The molecule has 1 atom stereocenters. The highest BCUT2D eigenvalue weighted by molar-refractivity contribution is 6.07. The quantitative estimate of drug-likeness (QED) is 0.0738. The summed E-state index contributed by atoms with van der Waals surface area (Å²) in [4.78, 5) is 50.9. The number of unbranched alkanes of at least 4 members (excludes halogenated alkanes) is 2. The second-order valence-corrected chi connectivity index (χ2v) is 18.6. The molecule has 1 unspecified atom stereocenters. The van der Waals surface area contributed by atoms with Gasteiger partial charge >= 0.3 is 5.97 Å². The predicted octanol–water partition coefficient (Wildman–Crippen LogP) is 7.60. The first-order chi connectivity index (χ1) is 31.7. The molecule has 7 N–H and O–H groups in total. The van der Waals surface area contributed by atoms with Crippen LogP contribution in [0.3, 0.4) is 0 Å². The van der Waals surface area contributed by atoms with Crippen molar-refractivity contribution in [2.75, 3.05) is 72.4 Å². The second kappa shape index (κ2) is 20.6. The van der Waals surface area contributed by atoms with Gasteiger partial charge in [0.05, 0.1) is 16.8 Å². The van der Waals surface area contributed by atoms with Crippen LogP contribution in [0, 0.1) is 0 Å². The van der Waals surface area contributed by atoms with Gasteiger partial charge in [0.2, 0.25) is 0 Å². The van der Waals surface area contributed by atoms with E-state index in [1.54, 1.807) is 23.1 Å². The average molecular weight is 912 g/mol. The number of nitrogens with zero attached hydrogens (tertiary/aromatic N) is 5. The van der Waals surface area contributed by atoms with Crippen molar-refractivity contribution in [3.8, 4) is 17.2 Å². The first kappa shape index (κ1) is 48.5. The van der Waals surface area contributed by atoms with Gasteiger partial charge < -0.3 is 46.2 Å². The Kier molecular flexibility index (Phi) is 14.9. The van der Waals surface area contributed by atoms with Crippen LogP contribution in [0.4, 0.5) is 5.69 Å². The number of fused-ring (bicyclic) bond motifs is 3. The Morgan fingerprint density at radius 1 is 0.821 bits per heavy atom. The largest absolute Gasteiger partial charge is 0.508 e. The minimum atomic E-state index is -1.03.